The fraction of sp³-hybridized carbons (Fsp3) is 0.382. The molecule has 0 bridgehead atoms. The first kappa shape index (κ1) is 33.0. The number of fused-ring (bicyclic) bond motifs is 1. The second-order valence-corrected chi connectivity index (χ2v) is 17.0. The molecule has 12 heteroatoms. The lowest BCUT2D eigenvalue weighted by atomic mass is 9.95. The first-order valence-corrected chi connectivity index (χ1v) is 17.0. The fourth-order valence-electron chi connectivity index (χ4n) is 6.54. The second kappa shape index (κ2) is 12.8. The number of hydrogen-bond donors (Lipinski definition) is 1. The van der Waals surface area contributed by atoms with Crippen LogP contribution in [0.15, 0.2) is 79.3 Å². The molecule has 2 aromatic carbocycles. The monoisotopic (exact) mass is 644 g/mol. The summed E-state index contributed by atoms with van der Waals surface area (Å²) in [5.41, 5.74) is -1.06. The number of anilines is 1. The average molecular weight is 645 g/mol. The van der Waals surface area contributed by atoms with Crippen molar-refractivity contribution in [3.8, 4) is 0 Å². The molecule has 2 aromatic heterocycles. The summed E-state index contributed by atoms with van der Waals surface area (Å²) < 4.78 is 27.5. The Bertz CT molecular complexity index is 1680. The lowest BCUT2D eigenvalue weighted by Gasteiger charge is -2.43. The van der Waals surface area contributed by atoms with Gasteiger partial charge in [-0.2, -0.15) is 0 Å². The molecule has 1 N–H and O–H groups in total. The molecule has 5 rings (SSSR count). The molecular formula is C34H40N4O7Si. The molecule has 0 radical (unpaired) electrons. The topological polar surface area (TPSA) is 131 Å². The molecule has 46 heavy (non-hydrogen) atoms. The van der Waals surface area contributed by atoms with Crippen LogP contribution in [0.5, 0.6) is 0 Å². The molecule has 3 heterocycles. The number of rotatable bonds is 9. The van der Waals surface area contributed by atoms with Crippen LogP contribution >= 0.6 is 0 Å². The Kier molecular flexibility index (Phi) is 9.16. The molecule has 1 aliphatic heterocycles. The van der Waals surface area contributed by atoms with Crippen molar-refractivity contribution in [2.24, 2.45) is 0 Å². The van der Waals surface area contributed by atoms with Crippen LogP contribution in [0.4, 0.5) is 5.82 Å². The molecular weight excluding hydrogens is 604 g/mol. The normalized spacial score (nSPS) is 21.6. The molecule has 0 aliphatic carbocycles. The van der Waals surface area contributed by atoms with Crippen LogP contribution in [0.25, 0.3) is 11.0 Å². The van der Waals surface area contributed by atoms with Crippen molar-refractivity contribution in [2.75, 3.05) is 11.9 Å². The number of aromatic nitrogens is 3. The number of ether oxygens (including phenoxy) is 3. The van der Waals surface area contributed by atoms with Gasteiger partial charge in [0.2, 0.25) is 5.91 Å². The molecule has 11 nitrogen and oxygen atoms in total. The van der Waals surface area contributed by atoms with Crippen molar-refractivity contribution in [2.45, 2.75) is 77.5 Å². The predicted molar refractivity (Wildman–Crippen MR) is 175 cm³/mol. The van der Waals surface area contributed by atoms with Crippen LogP contribution < -0.4 is 15.7 Å². The number of amides is 1. The summed E-state index contributed by atoms with van der Waals surface area (Å²) in [5, 5.41) is 5.11. The molecule has 4 aromatic rings. The highest BCUT2D eigenvalue weighted by Gasteiger charge is 2.61. The minimum absolute atomic E-state index is 0.0317. The molecule has 1 aliphatic rings. The van der Waals surface area contributed by atoms with Gasteiger partial charge in [0, 0.05) is 27.0 Å². The van der Waals surface area contributed by atoms with Gasteiger partial charge in [0.1, 0.15) is 23.9 Å². The van der Waals surface area contributed by atoms with Gasteiger partial charge in [-0.1, -0.05) is 81.4 Å². The van der Waals surface area contributed by atoms with E-state index < -0.39 is 44.3 Å². The largest absolute Gasteiger partial charge is 0.455 e. The maximum atomic E-state index is 12.6. The lowest BCUT2D eigenvalue weighted by Crippen LogP contribution is -2.67. The van der Waals surface area contributed by atoms with Crippen LogP contribution in [-0.4, -0.2) is 65.1 Å². The van der Waals surface area contributed by atoms with Crippen molar-refractivity contribution < 1.29 is 33.0 Å². The van der Waals surface area contributed by atoms with E-state index in [1.54, 1.807) is 23.8 Å². The third-order valence-electron chi connectivity index (χ3n) is 8.29. The van der Waals surface area contributed by atoms with Crippen LogP contribution in [0, 0.1) is 0 Å². The van der Waals surface area contributed by atoms with Gasteiger partial charge in [-0.15, -0.1) is 0 Å². The minimum atomic E-state index is -3.02. The van der Waals surface area contributed by atoms with Gasteiger partial charge >= 0.3 is 11.9 Å². The number of carbonyl (C=O) groups is 3. The summed E-state index contributed by atoms with van der Waals surface area (Å²) in [5.74, 6) is -1.10. The lowest BCUT2D eigenvalue weighted by molar-refractivity contribution is -0.184. The minimum Gasteiger partial charge on any atom is -0.455 e. The van der Waals surface area contributed by atoms with E-state index in [0.717, 1.165) is 10.4 Å². The van der Waals surface area contributed by atoms with Crippen molar-refractivity contribution in [1.82, 2.24) is 14.5 Å². The fourth-order valence-corrected chi connectivity index (χ4v) is 11.1. The summed E-state index contributed by atoms with van der Waals surface area (Å²) >= 11 is 0. The van der Waals surface area contributed by atoms with E-state index in [9.17, 15) is 14.4 Å². The van der Waals surface area contributed by atoms with E-state index in [1.165, 1.54) is 27.1 Å². The number of nitrogens with zero attached hydrogens (tertiary/aromatic N) is 3. The molecule has 0 saturated carbocycles. The zero-order valence-corrected chi connectivity index (χ0v) is 28.1. The van der Waals surface area contributed by atoms with Gasteiger partial charge in [-0.25, -0.2) is 9.97 Å². The highest BCUT2D eigenvalue weighted by atomic mass is 28.4. The summed E-state index contributed by atoms with van der Waals surface area (Å²) in [6.45, 7) is 12.2. The van der Waals surface area contributed by atoms with Crippen LogP contribution in [0.3, 0.4) is 0 Å². The number of carbonyl (C=O) groups excluding carboxylic acids is 3. The average Bonchev–Trinajstić information content (AvgIpc) is 3.52. The van der Waals surface area contributed by atoms with Gasteiger partial charge in [0.05, 0.1) is 12.0 Å². The van der Waals surface area contributed by atoms with Crippen molar-refractivity contribution >= 4 is 53.4 Å². The Morgan fingerprint density at radius 2 is 1.54 bits per heavy atom. The van der Waals surface area contributed by atoms with Crippen LogP contribution in [0.2, 0.25) is 5.04 Å². The molecule has 4 atom stereocenters. The molecule has 242 valence electrons. The van der Waals surface area contributed by atoms with Gasteiger partial charge in [0.25, 0.3) is 8.32 Å². The van der Waals surface area contributed by atoms with E-state index >= 15 is 0 Å². The predicted octanol–water partition coefficient (Wildman–Crippen LogP) is 4.12. The first-order chi connectivity index (χ1) is 21.8. The smallest absolute Gasteiger partial charge is 0.303 e. The van der Waals surface area contributed by atoms with E-state index in [4.69, 9.17) is 18.6 Å². The molecule has 1 saturated heterocycles. The van der Waals surface area contributed by atoms with Crippen LogP contribution in [-0.2, 0) is 33.0 Å². The number of benzene rings is 2. The van der Waals surface area contributed by atoms with Crippen molar-refractivity contribution in [3.05, 3.63) is 79.3 Å². The Balaban J connectivity index is 1.62. The molecule has 1 fully saturated rings. The van der Waals surface area contributed by atoms with Crippen molar-refractivity contribution in [1.29, 1.82) is 0 Å². The highest BCUT2D eigenvalue weighted by Crippen LogP contribution is 2.46. The number of hydrogen-bond acceptors (Lipinski definition) is 9. The summed E-state index contributed by atoms with van der Waals surface area (Å²) in [7, 11) is -3.02. The maximum absolute atomic E-state index is 12.6. The standard InChI is InChI=1S/C34H40N4O7Si/c1-22(39)37-30-27-18-19-38(31(27)36-21-35-30)32-34(7,45-24(3)41)29(43-23(2)40)28(44-32)20-42-46(33(4,5)6,25-14-10-8-11-15-25)26-16-12-9-13-17-26/h8-19,21,28-29,32H,20H2,1-7H3,(H,35,36,37,39)/t28-,29?,32-,34?/m1/s1. The Morgan fingerprint density at radius 3 is 2.07 bits per heavy atom. The number of nitrogens with one attached hydrogen (secondary N) is 1. The molecule has 2 unspecified atom stereocenters. The Labute approximate surface area is 269 Å². The SMILES string of the molecule is CC(=O)Nc1ncnc2c1ccn2[C@@H]1O[C@H](CO[Si](c2ccccc2)(c2ccccc2)C(C)(C)C)C(OC(C)=O)C1(C)OC(C)=O. The quantitative estimate of drug-likeness (QED) is 0.211. The second-order valence-electron chi connectivity index (χ2n) is 12.7. The maximum Gasteiger partial charge on any atom is 0.303 e. The zero-order valence-electron chi connectivity index (χ0n) is 27.1. The van der Waals surface area contributed by atoms with E-state index in [-0.39, 0.29) is 17.6 Å². The van der Waals surface area contributed by atoms with E-state index in [1.807, 2.05) is 36.4 Å². The highest BCUT2D eigenvalue weighted by molar-refractivity contribution is 6.99. The summed E-state index contributed by atoms with van der Waals surface area (Å²) in [4.78, 5) is 45.7. The number of esters is 2. The third-order valence-corrected chi connectivity index (χ3v) is 13.3. The summed E-state index contributed by atoms with van der Waals surface area (Å²) in [6.07, 6.45) is 0.189. The molecule has 0 spiro atoms. The Hall–Kier alpha value is -4.39. The summed E-state index contributed by atoms with van der Waals surface area (Å²) in [6, 6.07) is 22.1. The third kappa shape index (κ3) is 6.07. The van der Waals surface area contributed by atoms with Crippen LogP contribution in [0.1, 0.15) is 54.7 Å². The zero-order chi connectivity index (χ0) is 33.3. The molecule has 1 amide bonds. The van der Waals surface area contributed by atoms with Gasteiger partial charge in [0.15, 0.2) is 17.9 Å². The Morgan fingerprint density at radius 1 is 0.935 bits per heavy atom. The van der Waals surface area contributed by atoms with E-state index in [2.05, 4.69) is 60.3 Å². The first-order valence-electron chi connectivity index (χ1n) is 15.1. The van der Waals surface area contributed by atoms with Gasteiger partial charge in [-0.05, 0) is 28.4 Å². The van der Waals surface area contributed by atoms with Crippen molar-refractivity contribution in [3.63, 3.8) is 0 Å². The van der Waals surface area contributed by atoms with E-state index in [0.29, 0.717) is 16.9 Å². The van der Waals surface area contributed by atoms with Gasteiger partial charge in [-0.3, -0.25) is 14.4 Å². The van der Waals surface area contributed by atoms with Gasteiger partial charge < -0.3 is 28.5 Å².